The Bertz CT molecular complexity index is 833. The van der Waals surface area contributed by atoms with Crippen LogP contribution in [-0.2, 0) is 0 Å². The van der Waals surface area contributed by atoms with E-state index in [-0.39, 0.29) is 16.9 Å². The summed E-state index contributed by atoms with van der Waals surface area (Å²) < 4.78 is 0. The maximum atomic E-state index is 12.7. The Labute approximate surface area is 164 Å². The fourth-order valence-electron chi connectivity index (χ4n) is 2.85. The number of benzene rings is 2. The van der Waals surface area contributed by atoms with E-state index in [1.54, 1.807) is 42.5 Å². The van der Waals surface area contributed by atoms with Crippen LogP contribution >= 0.6 is 12.2 Å². The molecule has 0 aromatic heterocycles. The highest BCUT2D eigenvalue weighted by Crippen LogP contribution is 2.14. The lowest BCUT2D eigenvalue weighted by Gasteiger charge is -2.32. The summed E-state index contributed by atoms with van der Waals surface area (Å²) in [5.74, 6) is -0.274. The fraction of sp³-hybridized carbons (Fsp3) is 0.250. The van der Waals surface area contributed by atoms with E-state index in [9.17, 15) is 9.59 Å². The number of nitrogens with one attached hydrogen (secondary N) is 2. The minimum atomic E-state index is -0.280. The zero-order chi connectivity index (χ0) is 19.2. The molecule has 1 aliphatic heterocycles. The van der Waals surface area contributed by atoms with Gasteiger partial charge in [-0.2, -0.15) is 0 Å². The van der Waals surface area contributed by atoms with Crippen molar-refractivity contribution in [1.29, 1.82) is 0 Å². The molecule has 1 fully saturated rings. The molecule has 0 radical (unpaired) electrons. The highest BCUT2D eigenvalue weighted by atomic mass is 32.1. The van der Waals surface area contributed by atoms with Crippen LogP contribution in [0, 0.1) is 0 Å². The molecule has 6 nitrogen and oxygen atoms in total. The summed E-state index contributed by atoms with van der Waals surface area (Å²) in [4.78, 5) is 28.9. The normalized spacial score (nSPS) is 14.5. The first kappa shape index (κ1) is 19.0. The molecule has 2 amide bonds. The van der Waals surface area contributed by atoms with E-state index in [2.05, 4.69) is 22.6 Å². The molecule has 3 rings (SSSR count). The van der Waals surface area contributed by atoms with E-state index in [1.807, 2.05) is 17.0 Å². The van der Waals surface area contributed by atoms with Crippen molar-refractivity contribution in [2.24, 2.45) is 0 Å². The summed E-state index contributed by atoms with van der Waals surface area (Å²) in [7, 11) is 2.05. The first-order valence-electron chi connectivity index (χ1n) is 8.78. The standard InChI is InChI=1S/C20H22N4O2S/c1-23-10-12-24(13-11-23)19(26)16-8-5-9-17(14-16)21-20(27)22-18(25)15-6-3-2-4-7-15/h2-9,14H,10-13H2,1H3,(H2,21,22,25,27). The van der Waals surface area contributed by atoms with Crippen LogP contribution in [-0.4, -0.2) is 60.0 Å². The predicted molar refractivity (Wildman–Crippen MR) is 110 cm³/mol. The summed E-state index contributed by atoms with van der Waals surface area (Å²) in [6.45, 7) is 3.19. The van der Waals surface area contributed by atoms with Gasteiger partial charge in [-0.3, -0.25) is 14.9 Å². The molecule has 1 saturated heterocycles. The van der Waals surface area contributed by atoms with Gasteiger partial charge < -0.3 is 15.1 Å². The average Bonchev–Trinajstić information content (AvgIpc) is 2.69. The zero-order valence-corrected chi connectivity index (χ0v) is 16.0. The Kier molecular flexibility index (Phi) is 6.16. The van der Waals surface area contributed by atoms with E-state index < -0.39 is 0 Å². The van der Waals surface area contributed by atoms with Gasteiger partial charge in [0.15, 0.2) is 5.11 Å². The molecule has 140 valence electrons. The molecule has 0 bridgehead atoms. The average molecular weight is 382 g/mol. The number of rotatable bonds is 3. The van der Waals surface area contributed by atoms with Gasteiger partial charge >= 0.3 is 0 Å². The quantitative estimate of drug-likeness (QED) is 0.797. The molecule has 0 spiro atoms. The van der Waals surface area contributed by atoms with Crippen molar-refractivity contribution in [2.45, 2.75) is 0 Å². The second-order valence-electron chi connectivity index (χ2n) is 6.45. The highest BCUT2D eigenvalue weighted by Gasteiger charge is 2.20. The van der Waals surface area contributed by atoms with Crippen LogP contribution < -0.4 is 10.6 Å². The van der Waals surface area contributed by atoms with Gasteiger partial charge in [-0.05, 0) is 49.6 Å². The second-order valence-corrected chi connectivity index (χ2v) is 6.86. The summed E-state index contributed by atoms with van der Waals surface area (Å²) in [5, 5.41) is 5.80. The molecular formula is C20H22N4O2S. The number of nitrogens with zero attached hydrogens (tertiary/aromatic N) is 2. The van der Waals surface area contributed by atoms with Crippen LogP contribution in [0.15, 0.2) is 54.6 Å². The van der Waals surface area contributed by atoms with Crippen LogP contribution in [0.25, 0.3) is 0 Å². The smallest absolute Gasteiger partial charge is 0.257 e. The largest absolute Gasteiger partial charge is 0.336 e. The number of piperazine rings is 1. The minimum absolute atomic E-state index is 0.00555. The van der Waals surface area contributed by atoms with Gasteiger partial charge in [0.2, 0.25) is 0 Å². The molecule has 1 aliphatic rings. The van der Waals surface area contributed by atoms with Crippen molar-refractivity contribution in [3.8, 4) is 0 Å². The number of likely N-dealkylation sites (N-methyl/N-ethyl adjacent to an activating group) is 1. The molecule has 2 aromatic rings. The Morgan fingerprint density at radius 3 is 2.30 bits per heavy atom. The number of amides is 2. The Hall–Kier alpha value is -2.77. The number of carbonyl (C=O) groups excluding carboxylic acids is 2. The van der Waals surface area contributed by atoms with Gasteiger partial charge in [0.05, 0.1) is 0 Å². The number of anilines is 1. The third-order valence-electron chi connectivity index (χ3n) is 4.42. The molecular weight excluding hydrogens is 360 g/mol. The Balaban J connectivity index is 1.61. The lowest BCUT2D eigenvalue weighted by Crippen LogP contribution is -2.47. The zero-order valence-electron chi connectivity index (χ0n) is 15.1. The third kappa shape index (κ3) is 5.12. The monoisotopic (exact) mass is 382 g/mol. The molecule has 2 aromatic carbocycles. The number of hydrogen-bond donors (Lipinski definition) is 2. The summed E-state index contributed by atoms with van der Waals surface area (Å²) >= 11 is 5.22. The lowest BCUT2D eigenvalue weighted by atomic mass is 10.1. The van der Waals surface area contributed by atoms with Crippen molar-refractivity contribution < 1.29 is 9.59 Å². The maximum Gasteiger partial charge on any atom is 0.257 e. The first-order chi connectivity index (χ1) is 13.0. The van der Waals surface area contributed by atoms with Crippen LogP contribution in [0.2, 0.25) is 0 Å². The molecule has 2 N–H and O–H groups in total. The molecule has 27 heavy (non-hydrogen) atoms. The number of carbonyl (C=O) groups is 2. The van der Waals surface area contributed by atoms with Crippen molar-refractivity contribution >= 4 is 34.8 Å². The van der Waals surface area contributed by atoms with E-state index in [0.29, 0.717) is 16.8 Å². The highest BCUT2D eigenvalue weighted by molar-refractivity contribution is 7.80. The lowest BCUT2D eigenvalue weighted by molar-refractivity contribution is 0.0664. The van der Waals surface area contributed by atoms with Crippen LogP contribution in [0.3, 0.4) is 0 Å². The minimum Gasteiger partial charge on any atom is -0.336 e. The number of thiocarbonyl (C=S) groups is 1. The Morgan fingerprint density at radius 2 is 1.59 bits per heavy atom. The van der Waals surface area contributed by atoms with Crippen LogP contribution in [0.5, 0.6) is 0 Å². The van der Waals surface area contributed by atoms with Gasteiger partial charge in [0, 0.05) is 43.0 Å². The van der Waals surface area contributed by atoms with E-state index in [1.165, 1.54) is 0 Å². The van der Waals surface area contributed by atoms with E-state index in [0.717, 1.165) is 26.2 Å². The second kappa shape index (κ2) is 8.75. The molecule has 0 atom stereocenters. The summed E-state index contributed by atoms with van der Waals surface area (Å²) in [6, 6.07) is 16.0. The van der Waals surface area contributed by atoms with E-state index in [4.69, 9.17) is 12.2 Å². The summed E-state index contributed by atoms with van der Waals surface area (Å²) in [6.07, 6.45) is 0. The van der Waals surface area contributed by atoms with Crippen molar-refractivity contribution in [3.63, 3.8) is 0 Å². The molecule has 0 saturated carbocycles. The third-order valence-corrected chi connectivity index (χ3v) is 4.63. The SMILES string of the molecule is CN1CCN(C(=O)c2cccc(NC(=S)NC(=O)c3ccccc3)c2)CC1. The van der Waals surface area contributed by atoms with E-state index >= 15 is 0 Å². The number of hydrogen-bond acceptors (Lipinski definition) is 4. The van der Waals surface area contributed by atoms with Crippen molar-refractivity contribution in [1.82, 2.24) is 15.1 Å². The van der Waals surface area contributed by atoms with Crippen molar-refractivity contribution in [3.05, 3.63) is 65.7 Å². The van der Waals surface area contributed by atoms with Gasteiger partial charge in [0.25, 0.3) is 11.8 Å². The summed E-state index contributed by atoms with van der Waals surface area (Å²) in [5.41, 5.74) is 1.79. The molecule has 7 heteroatoms. The van der Waals surface area contributed by atoms with Gasteiger partial charge in [0.1, 0.15) is 0 Å². The van der Waals surface area contributed by atoms with Crippen LogP contribution in [0.4, 0.5) is 5.69 Å². The predicted octanol–water partition coefficient (Wildman–Crippen LogP) is 2.20. The fourth-order valence-corrected chi connectivity index (χ4v) is 3.06. The van der Waals surface area contributed by atoms with Crippen LogP contribution in [0.1, 0.15) is 20.7 Å². The molecule has 1 heterocycles. The Morgan fingerprint density at radius 1 is 0.926 bits per heavy atom. The topological polar surface area (TPSA) is 64.7 Å². The van der Waals surface area contributed by atoms with Gasteiger partial charge in [-0.25, -0.2) is 0 Å². The van der Waals surface area contributed by atoms with Crippen molar-refractivity contribution in [2.75, 3.05) is 38.5 Å². The molecule has 0 aliphatic carbocycles. The van der Waals surface area contributed by atoms with Gasteiger partial charge in [-0.15, -0.1) is 0 Å². The van der Waals surface area contributed by atoms with Gasteiger partial charge in [-0.1, -0.05) is 24.3 Å². The first-order valence-corrected chi connectivity index (χ1v) is 9.19. The maximum absolute atomic E-state index is 12.7. The molecule has 0 unspecified atom stereocenters.